The number of aryl methyl sites for hydroxylation is 2. The van der Waals surface area contributed by atoms with Crippen LogP contribution < -0.4 is 5.32 Å². The average molecular weight is 371 g/mol. The van der Waals surface area contributed by atoms with Crippen LogP contribution in [0.1, 0.15) is 16.7 Å². The lowest BCUT2D eigenvalue weighted by Crippen LogP contribution is -2.13. The molecule has 4 nitrogen and oxygen atoms in total. The van der Waals surface area contributed by atoms with Crippen LogP contribution in [0, 0.1) is 25.2 Å². The van der Waals surface area contributed by atoms with E-state index in [4.69, 9.17) is 0 Å². The minimum Gasteiger partial charge on any atom is -0.507 e. The number of benzene rings is 2. The van der Waals surface area contributed by atoms with E-state index in [1.165, 1.54) is 12.1 Å². The molecule has 0 aliphatic rings. The summed E-state index contributed by atoms with van der Waals surface area (Å²) >= 11 is 3.20. The van der Waals surface area contributed by atoms with E-state index in [2.05, 4.69) is 21.2 Å². The number of hydrogen-bond donors (Lipinski definition) is 2. The van der Waals surface area contributed by atoms with E-state index >= 15 is 0 Å². The Bertz CT molecular complexity index is 835. The fraction of sp³-hybridized carbons (Fsp3) is 0.111. The molecule has 23 heavy (non-hydrogen) atoms. The highest BCUT2D eigenvalue weighted by atomic mass is 79.9. The van der Waals surface area contributed by atoms with Crippen LogP contribution in [0.3, 0.4) is 0 Å². The second-order valence-electron chi connectivity index (χ2n) is 5.13. The minimum atomic E-state index is -0.472. The van der Waals surface area contributed by atoms with Crippen LogP contribution >= 0.6 is 15.9 Å². The highest BCUT2D eigenvalue weighted by Crippen LogP contribution is 2.25. The number of phenols is 1. The standard InChI is InChI=1S/C18H15BrN2O2/c1-11-3-5-15(7-12(11)2)21-18(23)14(10-20)8-13-4-6-17(22)16(19)9-13/h3-9,22H,1-2H3,(H,21,23)/b14-8+. The monoisotopic (exact) mass is 370 g/mol. The Hall–Kier alpha value is -2.58. The van der Waals surface area contributed by atoms with Crippen LogP contribution in [-0.4, -0.2) is 11.0 Å². The fourth-order valence-corrected chi connectivity index (χ4v) is 2.34. The number of carbonyl (C=O) groups excluding carboxylic acids is 1. The molecule has 2 aromatic rings. The van der Waals surface area contributed by atoms with Gasteiger partial charge in [-0.2, -0.15) is 5.26 Å². The van der Waals surface area contributed by atoms with Crippen LogP contribution in [0.5, 0.6) is 5.75 Å². The van der Waals surface area contributed by atoms with Gasteiger partial charge < -0.3 is 10.4 Å². The molecule has 0 saturated heterocycles. The molecule has 0 fully saturated rings. The maximum atomic E-state index is 12.2. The Labute approximate surface area is 143 Å². The van der Waals surface area contributed by atoms with Gasteiger partial charge in [0, 0.05) is 5.69 Å². The van der Waals surface area contributed by atoms with E-state index in [9.17, 15) is 15.2 Å². The molecule has 0 saturated carbocycles. The first-order chi connectivity index (χ1) is 10.9. The number of nitriles is 1. The Balaban J connectivity index is 2.24. The van der Waals surface area contributed by atoms with Crippen molar-refractivity contribution in [3.05, 3.63) is 63.1 Å². The minimum absolute atomic E-state index is 0.0131. The van der Waals surface area contributed by atoms with Crippen LogP contribution in [-0.2, 0) is 4.79 Å². The van der Waals surface area contributed by atoms with Crippen molar-refractivity contribution in [3.63, 3.8) is 0 Å². The zero-order valence-corrected chi connectivity index (χ0v) is 14.3. The number of aromatic hydroxyl groups is 1. The number of carbonyl (C=O) groups is 1. The highest BCUT2D eigenvalue weighted by molar-refractivity contribution is 9.10. The lowest BCUT2D eigenvalue weighted by Gasteiger charge is -2.07. The van der Waals surface area contributed by atoms with Gasteiger partial charge in [-0.25, -0.2) is 0 Å². The summed E-state index contributed by atoms with van der Waals surface area (Å²) in [5, 5.41) is 21.4. The molecule has 2 aromatic carbocycles. The molecule has 0 unspecified atom stereocenters. The van der Waals surface area contributed by atoms with Crippen LogP contribution in [0.25, 0.3) is 6.08 Å². The Kier molecular flexibility index (Phi) is 5.20. The number of halogens is 1. The molecule has 0 heterocycles. The topological polar surface area (TPSA) is 73.1 Å². The summed E-state index contributed by atoms with van der Waals surface area (Å²) in [6.45, 7) is 3.95. The van der Waals surface area contributed by atoms with Crippen molar-refractivity contribution in [1.29, 1.82) is 5.26 Å². The molecule has 0 spiro atoms. The van der Waals surface area contributed by atoms with Gasteiger partial charge in [0.1, 0.15) is 17.4 Å². The van der Waals surface area contributed by atoms with E-state index in [0.29, 0.717) is 15.7 Å². The fourth-order valence-electron chi connectivity index (χ4n) is 1.95. The Morgan fingerprint density at radius 1 is 1.22 bits per heavy atom. The first kappa shape index (κ1) is 16.8. The first-order valence-corrected chi connectivity index (χ1v) is 7.69. The van der Waals surface area contributed by atoms with Crippen LogP contribution in [0.4, 0.5) is 5.69 Å². The molecule has 2 rings (SSSR count). The molecule has 0 aliphatic heterocycles. The van der Waals surface area contributed by atoms with E-state index < -0.39 is 5.91 Å². The second kappa shape index (κ2) is 7.12. The van der Waals surface area contributed by atoms with Gasteiger partial charge in [0.2, 0.25) is 0 Å². The number of rotatable bonds is 3. The van der Waals surface area contributed by atoms with Crippen molar-refractivity contribution in [2.24, 2.45) is 0 Å². The molecule has 0 bridgehead atoms. The third kappa shape index (κ3) is 4.21. The smallest absolute Gasteiger partial charge is 0.266 e. The van der Waals surface area contributed by atoms with Crippen LogP contribution in [0.15, 0.2) is 46.4 Å². The third-order valence-corrected chi connectivity index (χ3v) is 4.05. The summed E-state index contributed by atoms with van der Waals surface area (Å²) in [6, 6.07) is 12.2. The first-order valence-electron chi connectivity index (χ1n) is 6.89. The van der Waals surface area contributed by atoms with Crippen molar-refractivity contribution < 1.29 is 9.90 Å². The summed E-state index contributed by atoms with van der Waals surface area (Å²) in [5.74, 6) is -0.375. The van der Waals surface area contributed by atoms with Crippen molar-refractivity contribution in [1.82, 2.24) is 0 Å². The summed E-state index contributed by atoms with van der Waals surface area (Å²) in [7, 11) is 0. The zero-order valence-electron chi connectivity index (χ0n) is 12.7. The predicted octanol–water partition coefficient (Wildman–Crippen LogP) is 4.32. The Morgan fingerprint density at radius 3 is 2.57 bits per heavy atom. The molecular formula is C18H15BrN2O2. The number of nitrogens with zero attached hydrogens (tertiary/aromatic N) is 1. The van der Waals surface area contributed by atoms with Gasteiger partial charge in [0.15, 0.2) is 0 Å². The molecule has 0 radical (unpaired) electrons. The number of phenolic OH excluding ortho intramolecular Hbond substituents is 1. The molecule has 1 amide bonds. The quantitative estimate of drug-likeness (QED) is 0.624. The molecule has 0 aromatic heterocycles. The van der Waals surface area contributed by atoms with E-state index in [-0.39, 0.29) is 11.3 Å². The number of anilines is 1. The van der Waals surface area contributed by atoms with Crippen molar-refractivity contribution >= 4 is 33.6 Å². The normalized spacial score (nSPS) is 11.0. The molecule has 116 valence electrons. The molecule has 5 heteroatoms. The lowest BCUT2D eigenvalue weighted by atomic mass is 10.1. The van der Waals surface area contributed by atoms with Crippen LogP contribution in [0.2, 0.25) is 0 Å². The Morgan fingerprint density at radius 2 is 1.96 bits per heavy atom. The predicted molar refractivity (Wildman–Crippen MR) is 93.9 cm³/mol. The molecule has 2 N–H and O–H groups in total. The van der Waals surface area contributed by atoms with E-state index in [1.807, 2.05) is 32.0 Å². The van der Waals surface area contributed by atoms with Gasteiger partial charge in [-0.1, -0.05) is 12.1 Å². The van der Waals surface area contributed by atoms with Gasteiger partial charge in [0.05, 0.1) is 4.47 Å². The number of amides is 1. The summed E-state index contributed by atoms with van der Waals surface area (Å²) in [4.78, 5) is 12.2. The maximum absolute atomic E-state index is 12.2. The van der Waals surface area contributed by atoms with Crippen molar-refractivity contribution in [2.75, 3.05) is 5.32 Å². The van der Waals surface area contributed by atoms with Gasteiger partial charge in [-0.3, -0.25) is 4.79 Å². The van der Waals surface area contributed by atoms with E-state index in [0.717, 1.165) is 11.1 Å². The molecule has 0 atom stereocenters. The van der Waals surface area contributed by atoms with E-state index in [1.54, 1.807) is 18.2 Å². The lowest BCUT2D eigenvalue weighted by molar-refractivity contribution is -0.112. The van der Waals surface area contributed by atoms with Gasteiger partial charge in [0.25, 0.3) is 5.91 Å². The molecule has 0 aliphatic carbocycles. The zero-order chi connectivity index (χ0) is 17.0. The average Bonchev–Trinajstić information content (AvgIpc) is 2.52. The SMILES string of the molecule is Cc1ccc(NC(=O)/C(C#N)=C/c2ccc(O)c(Br)c2)cc1C. The molecular weight excluding hydrogens is 356 g/mol. The maximum Gasteiger partial charge on any atom is 0.266 e. The highest BCUT2D eigenvalue weighted by Gasteiger charge is 2.10. The number of nitrogens with one attached hydrogen (secondary N) is 1. The number of hydrogen-bond acceptors (Lipinski definition) is 3. The summed E-state index contributed by atoms with van der Waals surface area (Å²) in [6.07, 6.45) is 1.47. The summed E-state index contributed by atoms with van der Waals surface area (Å²) < 4.78 is 0.498. The van der Waals surface area contributed by atoms with Crippen molar-refractivity contribution in [2.45, 2.75) is 13.8 Å². The summed E-state index contributed by atoms with van der Waals surface area (Å²) in [5.41, 5.74) is 3.47. The van der Waals surface area contributed by atoms with Gasteiger partial charge >= 0.3 is 0 Å². The second-order valence-corrected chi connectivity index (χ2v) is 5.99. The van der Waals surface area contributed by atoms with Crippen molar-refractivity contribution in [3.8, 4) is 11.8 Å². The van der Waals surface area contributed by atoms with Gasteiger partial charge in [-0.05, 0) is 76.8 Å². The third-order valence-electron chi connectivity index (χ3n) is 3.41. The largest absolute Gasteiger partial charge is 0.507 e. The van der Waals surface area contributed by atoms with Gasteiger partial charge in [-0.15, -0.1) is 0 Å².